The first-order chi connectivity index (χ1) is 14.6. The van der Waals surface area contributed by atoms with Gasteiger partial charge in [-0.1, -0.05) is 26.0 Å². The number of carbonyl (C=O) groups is 1. The van der Waals surface area contributed by atoms with E-state index in [2.05, 4.69) is 10.3 Å². The number of benzene rings is 2. The van der Waals surface area contributed by atoms with Crippen LogP contribution in [0.5, 0.6) is 0 Å². The Morgan fingerprint density at radius 3 is 2.42 bits per heavy atom. The third-order valence-electron chi connectivity index (χ3n) is 5.38. The van der Waals surface area contributed by atoms with Crippen LogP contribution in [-0.2, 0) is 17.4 Å². The van der Waals surface area contributed by atoms with Crippen molar-refractivity contribution in [1.29, 1.82) is 0 Å². The SMILES string of the molecule is CCc1cccc(NC(=O)[C@H](CC)n2c(=O)c(C(F)(F)F)nc3cc(C)c(C)cc32)c1. The predicted octanol–water partition coefficient (Wildman–Crippen LogP) is 5.18. The van der Waals surface area contributed by atoms with E-state index < -0.39 is 29.4 Å². The van der Waals surface area contributed by atoms with Gasteiger partial charge < -0.3 is 5.32 Å². The van der Waals surface area contributed by atoms with E-state index in [1.54, 1.807) is 45.0 Å². The van der Waals surface area contributed by atoms with Crippen LogP contribution in [0.3, 0.4) is 0 Å². The average molecular weight is 431 g/mol. The van der Waals surface area contributed by atoms with E-state index in [0.717, 1.165) is 27.7 Å². The minimum Gasteiger partial charge on any atom is -0.324 e. The number of anilines is 1. The molecule has 1 N–H and O–H groups in total. The summed E-state index contributed by atoms with van der Waals surface area (Å²) in [6.07, 6.45) is -4.04. The van der Waals surface area contributed by atoms with Gasteiger partial charge in [0, 0.05) is 5.69 Å². The molecule has 0 aliphatic carbocycles. The Balaban J connectivity index is 2.19. The molecule has 3 aromatic rings. The van der Waals surface area contributed by atoms with Crippen LogP contribution in [0, 0.1) is 13.8 Å². The molecule has 1 heterocycles. The Kier molecular flexibility index (Phi) is 6.20. The summed E-state index contributed by atoms with van der Waals surface area (Å²) in [6.45, 7) is 7.17. The van der Waals surface area contributed by atoms with E-state index in [9.17, 15) is 22.8 Å². The zero-order valence-electron chi connectivity index (χ0n) is 17.8. The van der Waals surface area contributed by atoms with Crippen LogP contribution >= 0.6 is 0 Å². The first-order valence-corrected chi connectivity index (χ1v) is 10.1. The highest BCUT2D eigenvalue weighted by atomic mass is 19.4. The number of amides is 1. The van der Waals surface area contributed by atoms with Gasteiger partial charge in [0.25, 0.3) is 5.56 Å². The molecule has 0 saturated carbocycles. The van der Waals surface area contributed by atoms with E-state index in [1.807, 2.05) is 13.0 Å². The highest BCUT2D eigenvalue weighted by molar-refractivity contribution is 5.94. The lowest BCUT2D eigenvalue weighted by atomic mass is 10.1. The normalized spacial score (nSPS) is 12.7. The minimum atomic E-state index is -4.93. The number of fused-ring (bicyclic) bond motifs is 1. The molecule has 3 rings (SSSR count). The van der Waals surface area contributed by atoms with Gasteiger partial charge in [-0.3, -0.25) is 14.2 Å². The minimum absolute atomic E-state index is 0.0225. The van der Waals surface area contributed by atoms with Crippen molar-refractivity contribution >= 4 is 22.6 Å². The number of rotatable bonds is 5. The molecule has 0 bridgehead atoms. The summed E-state index contributed by atoms with van der Waals surface area (Å²) in [6, 6.07) is 9.18. The Morgan fingerprint density at radius 2 is 1.81 bits per heavy atom. The number of nitrogens with one attached hydrogen (secondary N) is 1. The second-order valence-corrected chi connectivity index (χ2v) is 7.53. The summed E-state index contributed by atoms with van der Waals surface area (Å²) >= 11 is 0. The maximum absolute atomic E-state index is 13.6. The van der Waals surface area contributed by atoms with Gasteiger partial charge in [-0.05, 0) is 67.6 Å². The summed E-state index contributed by atoms with van der Waals surface area (Å²) in [5, 5.41) is 2.74. The van der Waals surface area contributed by atoms with Crippen molar-refractivity contribution in [3.8, 4) is 0 Å². The molecule has 0 saturated heterocycles. The van der Waals surface area contributed by atoms with E-state index in [0.29, 0.717) is 5.69 Å². The summed E-state index contributed by atoms with van der Waals surface area (Å²) in [4.78, 5) is 29.6. The predicted molar refractivity (Wildman–Crippen MR) is 114 cm³/mol. The third kappa shape index (κ3) is 4.47. The molecule has 8 heteroatoms. The fourth-order valence-corrected chi connectivity index (χ4v) is 3.53. The number of alkyl halides is 3. The molecule has 1 atom stereocenters. The summed E-state index contributed by atoms with van der Waals surface area (Å²) < 4.78 is 41.6. The molecule has 0 fully saturated rings. The molecule has 0 aliphatic heterocycles. The van der Waals surface area contributed by atoms with Gasteiger partial charge in [0.15, 0.2) is 0 Å². The molecule has 1 amide bonds. The van der Waals surface area contributed by atoms with Crippen LogP contribution in [0.15, 0.2) is 41.2 Å². The quantitative estimate of drug-likeness (QED) is 0.605. The van der Waals surface area contributed by atoms with Gasteiger partial charge in [-0.2, -0.15) is 13.2 Å². The fourth-order valence-electron chi connectivity index (χ4n) is 3.53. The lowest BCUT2D eigenvalue weighted by Crippen LogP contribution is -2.37. The zero-order valence-corrected chi connectivity index (χ0v) is 17.8. The van der Waals surface area contributed by atoms with Crippen molar-refractivity contribution in [2.75, 3.05) is 5.32 Å². The Morgan fingerprint density at radius 1 is 1.13 bits per heavy atom. The van der Waals surface area contributed by atoms with Crippen LogP contribution in [0.25, 0.3) is 11.0 Å². The van der Waals surface area contributed by atoms with Crippen LogP contribution in [0.4, 0.5) is 18.9 Å². The maximum atomic E-state index is 13.6. The Hall–Kier alpha value is -3.16. The molecule has 0 aliphatic rings. The molecule has 2 aromatic carbocycles. The first kappa shape index (κ1) is 22.5. The van der Waals surface area contributed by atoms with E-state index >= 15 is 0 Å². The number of carbonyl (C=O) groups excluding carboxylic acids is 1. The number of hydrogen-bond donors (Lipinski definition) is 1. The summed E-state index contributed by atoms with van der Waals surface area (Å²) in [5.41, 5.74) is 0.426. The van der Waals surface area contributed by atoms with Crippen molar-refractivity contribution in [2.24, 2.45) is 0 Å². The van der Waals surface area contributed by atoms with Crippen LogP contribution in [0.1, 0.15) is 48.7 Å². The number of halogens is 3. The third-order valence-corrected chi connectivity index (χ3v) is 5.38. The monoisotopic (exact) mass is 431 g/mol. The molecule has 5 nitrogen and oxygen atoms in total. The maximum Gasteiger partial charge on any atom is 0.438 e. The molecule has 0 spiro atoms. The Bertz CT molecular complexity index is 1200. The molecule has 0 radical (unpaired) electrons. The van der Waals surface area contributed by atoms with Crippen LogP contribution in [0.2, 0.25) is 0 Å². The van der Waals surface area contributed by atoms with Gasteiger partial charge in [-0.25, -0.2) is 4.98 Å². The van der Waals surface area contributed by atoms with Crippen molar-refractivity contribution < 1.29 is 18.0 Å². The topological polar surface area (TPSA) is 64.0 Å². The lowest BCUT2D eigenvalue weighted by molar-refractivity contribution is -0.142. The highest BCUT2D eigenvalue weighted by Crippen LogP contribution is 2.29. The van der Waals surface area contributed by atoms with Crippen molar-refractivity contribution in [1.82, 2.24) is 9.55 Å². The molecular weight excluding hydrogens is 407 g/mol. The van der Waals surface area contributed by atoms with Crippen molar-refractivity contribution in [3.05, 3.63) is 69.1 Å². The zero-order chi connectivity index (χ0) is 22.9. The van der Waals surface area contributed by atoms with E-state index in [-0.39, 0.29) is 17.5 Å². The van der Waals surface area contributed by atoms with E-state index in [1.165, 1.54) is 6.07 Å². The van der Waals surface area contributed by atoms with Gasteiger partial charge in [0.2, 0.25) is 11.6 Å². The standard InChI is InChI=1S/C23H24F3N3O2/c1-5-15-8-7-9-16(12-15)27-21(30)18(6-2)29-19-11-14(4)13(3)10-17(19)28-20(22(29)31)23(24,25)26/h7-12,18H,5-6H2,1-4H3,(H,27,30)/t18-/m0/s1. The molecule has 164 valence electrons. The average Bonchev–Trinajstić information content (AvgIpc) is 2.70. The van der Waals surface area contributed by atoms with Crippen LogP contribution in [-0.4, -0.2) is 15.5 Å². The van der Waals surface area contributed by atoms with Gasteiger partial charge in [0.1, 0.15) is 6.04 Å². The van der Waals surface area contributed by atoms with Crippen molar-refractivity contribution in [3.63, 3.8) is 0 Å². The van der Waals surface area contributed by atoms with Crippen LogP contribution < -0.4 is 10.9 Å². The number of aryl methyl sites for hydroxylation is 3. The smallest absolute Gasteiger partial charge is 0.324 e. The summed E-state index contributed by atoms with van der Waals surface area (Å²) in [5.74, 6) is -0.559. The largest absolute Gasteiger partial charge is 0.438 e. The number of nitrogens with zero attached hydrogens (tertiary/aromatic N) is 2. The van der Waals surface area contributed by atoms with Crippen molar-refractivity contribution in [2.45, 2.75) is 52.8 Å². The van der Waals surface area contributed by atoms with Gasteiger partial charge in [0.05, 0.1) is 11.0 Å². The van der Waals surface area contributed by atoms with Gasteiger partial charge >= 0.3 is 6.18 Å². The Labute approximate surface area is 177 Å². The second kappa shape index (κ2) is 8.53. The highest BCUT2D eigenvalue weighted by Gasteiger charge is 2.38. The lowest BCUT2D eigenvalue weighted by Gasteiger charge is -2.22. The fraction of sp³-hybridized carbons (Fsp3) is 0.348. The first-order valence-electron chi connectivity index (χ1n) is 10.1. The number of hydrogen-bond acceptors (Lipinski definition) is 3. The molecule has 0 unspecified atom stereocenters. The molecular formula is C23H24F3N3O2. The van der Waals surface area contributed by atoms with E-state index in [4.69, 9.17) is 0 Å². The second-order valence-electron chi connectivity index (χ2n) is 7.53. The molecule has 31 heavy (non-hydrogen) atoms. The van der Waals surface area contributed by atoms with Gasteiger partial charge in [-0.15, -0.1) is 0 Å². The molecule has 1 aromatic heterocycles. The summed E-state index contributed by atoms with van der Waals surface area (Å²) in [7, 11) is 0. The number of aromatic nitrogens is 2.